The van der Waals surface area contributed by atoms with Crippen LogP contribution in [-0.2, 0) is 26.3 Å². The van der Waals surface area contributed by atoms with E-state index >= 15 is 0 Å². The second-order valence-electron chi connectivity index (χ2n) is 8.06. The van der Waals surface area contributed by atoms with E-state index in [0.29, 0.717) is 27.6 Å². The fourth-order valence-corrected chi connectivity index (χ4v) is 3.88. The fourth-order valence-electron chi connectivity index (χ4n) is 3.61. The number of alkyl halides is 3. The van der Waals surface area contributed by atoms with Crippen molar-refractivity contribution >= 4 is 34.2 Å². The SMILES string of the molecule is Cc1cc2cc(C(=O)N(Cc3ccc(C(F)(F)F)cn3)Cc3cc(Cl)cn3C)ccc2nc1N. The molecular formula is C24H21ClF3N5O. The molecule has 0 saturated heterocycles. The number of aryl methyl sites for hydroxylation is 2. The summed E-state index contributed by atoms with van der Waals surface area (Å²) in [5, 5.41) is 1.27. The highest BCUT2D eigenvalue weighted by atomic mass is 35.5. The van der Waals surface area contributed by atoms with Crippen molar-refractivity contribution < 1.29 is 18.0 Å². The molecule has 0 fully saturated rings. The number of aromatic nitrogens is 3. The minimum atomic E-state index is -4.48. The number of rotatable bonds is 5. The lowest BCUT2D eigenvalue weighted by atomic mass is 10.1. The number of carbonyl (C=O) groups is 1. The van der Waals surface area contributed by atoms with E-state index in [1.54, 1.807) is 42.1 Å². The minimum Gasteiger partial charge on any atom is -0.383 e. The van der Waals surface area contributed by atoms with Crippen molar-refractivity contribution in [2.45, 2.75) is 26.2 Å². The molecule has 0 aliphatic heterocycles. The molecule has 0 spiro atoms. The molecule has 1 amide bonds. The monoisotopic (exact) mass is 487 g/mol. The number of nitrogens with two attached hydrogens (primary N) is 1. The molecule has 2 N–H and O–H groups in total. The van der Waals surface area contributed by atoms with Crippen molar-refractivity contribution in [1.29, 1.82) is 0 Å². The molecule has 0 bridgehead atoms. The van der Waals surface area contributed by atoms with E-state index in [1.165, 1.54) is 11.0 Å². The standard InChI is InChI=1S/C24H21ClF3N5O/c1-14-7-16-8-15(3-6-21(16)31-22(14)29)23(34)33(13-20-9-18(25)11-32(20)2)12-19-5-4-17(10-30-19)24(26,27)28/h3-11H,12-13H2,1-2H3,(H2,29,31). The Morgan fingerprint density at radius 2 is 1.91 bits per heavy atom. The number of amides is 1. The third-order valence-electron chi connectivity index (χ3n) is 5.51. The van der Waals surface area contributed by atoms with E-state index < -0.39 is 11.7 Å². The van der Waals surface area contributed by atoms with E-state index in [1.807, 2.05) is 13.0 Å². The molecule has 1 aromatic carbocycles. The molecule has 0 radical (unpaired) electrons. The smallest absolute Gasteiger partial charge is 0.383 e. The lowest BCUT2D eigenvalue weighted by Crippen LogP contribution is -2.31. The van der Waals surface area contributed by atoms with Gasteiger partial charge in [0.15, 0.2) is 0 Å². The third kappa shape index (κ3) is 4.99. The van der Waals surface area contributed by atoms with Crippen LogP contribution in [0.4, 0.5) is 19.0 Å². The largest absolute Gasteiger partial charge is 0.417 e. The number of anilines is 1. The number of hydrogen-bond acceptors (Lipinski definition) is 4. The van der Waals surface area contributed by atoms with Crippen molar-refractivity contribution in [3.63, 3.8) is 0 Å². The summed E-state index contributed by atoms with van der Waals surface area (Å²) in [6.45, 7) is 2.02. The molecule has 3 heterocycles. The summed E-state index contributed by atoms with van der Waals surface area (Å²) >= 11 is 6.10. The zero-order valence-electron chi connectivity index (χ0n) is 18.4. The normalized spacial score (nSPS) is 11.7. The van der Waals surface area contributed by atoms with E-state index in [0.717, 1.165) is 28.9 Å². The number of nitrogens with zero attached hydrogens (tertiary/aromatic N) is 4. The van der Waals surface area contributed by atoms with Gasteiger partial charge in [-0.15, -0.1) is 0 Å². The molecule has 0 unspecified atom stereocenters. The predicted octanol–water partition coefficient (Wildman–Crippen LogP) is 5.37. The Balaban J connectivity index is 1.68. The van der Waals surface area contributed by atoms with Crippen LogP contribution in [0.3, 0.4) is 0 Å². The predicted molar refractivity (Wildman–Crippen MR) is 124 cm³/mol. The van der Waals surface area contributed by atoms with Crippen LogP contribution in [0.2, 0.25) is 5.02 Å². The number of hydrogen-bond donors (Lipinski definition) is 1. The topological polar surface area (TPSA) is 77.0 Å². The van der Waals surface area contributed by atoms with E-state index in [2.05, 4.69) is 9.97 Å². The van der Waals surface area contributed by atoms with Crippen molar-refractivity contribution in [2.75, 3.05) is 5.73 Å². The average molecular weight is 488 g/mol. The number of carbonyl (C=O) groups excluding carboxylic acids is 1. The van der Waals surface area contributed by atoms with Gasteiger partial charge < -0.3 is 15.2 Å². The van der Waals surface area contributed by atoms with Crippen LogP contribution in [0.1, 0.15) is 32.9 Å². The second-order valence-corrected chi connectivity index (χ2v) is 8.49. The maximum atomic E-state index is 13.5. The molecule has 0 saturated carbocycles. The third-order valence-corrected chi connectivity index (χ3v) is 5.72. The Morgan fingerprint density at radius 1 is 1.15 bits per heavy atom. The molecule has 0 atom stereocenters. The zero-order chi connectivity index (χ0) is 24.6. The fraction of sp³-hybridized carbons (Fsp3) is 0.208. The molecule has 10 heteroatoms. The summed E-state index contributed by atoms with van der Waals surface area (Å²) in [6.07, 6.45) is -2.00. The van der Waals surface area contributed by atoms with Crippen LogP contribution in [0.5, 0.6) is 0 Å². The van der Waals surface area contributed by atoms with E-state index in [-0.39, 0.29) is 19.0 Å². The second kappa shape index (κ2) is 8.98. The van der Waals surface area contributed by atoms with E-state index in [4.69, 9.17) is 17.3 Å². The van der Waals surface area contributed by atoms with Crippen molar-refractivity contribution in [3.8, 4) is 0 Å². The first kappa shape index (κ1) is 23.6. The van der Waals surface area contributed by atoms with Crippen LogP contribution in [0.15, 0.2) is 54.9 Å². The summed E-state index contributed by atoms with van der Waals surface area (Å²) in [6, 6.07) is 10.9. The summed E-state index contributed by atoms with van der Waals surface area (Å²) in [5.41, 5.74) is 7.98. The Bertz CT molecular complexity index is 1370. The van der Waals surface area contributed by atoms with Gasteiger partial charge in [-0.05, 0) is 55.0 Å². The first-order chi connectivity index (χ1) is 16.0. The number of fused-ring (bicyclic) bond motifs is 1. The number of nitrogen functional groups attached to an aromatic ring is 1. The Morgan fingerprint density at radius 3 is 2.53 bits per heavy atom. The Hall–Kier alpha value is -3.59. The van der Waals surface area contributed by atoms with Crippen molar-refractivity contribution in [3.05, 3.63) is 88.0 Å². The molecule has 0 aliphatic carbocycles. The van der Waals surface area contributed by atoms with Gasteiger partial charge >= 0.3 is 6.18 Å². The first-order valence-electron chi connectivity index (χ1n) is 10.3. The Labute approximate surface area is 198 Å². The van der Waals surface area contributed by atoms with Gasteiger partial charge in [-0.2, -0.15) is 13.2 Å². The van der Waals surface area contributed by atoms with Gasteiger partial charge in [0.05, 0.1) is 34.9 Å². The van der Waals surface area contributed by atoms with Gasteiger partial charge in [0.25, 0.3) is 5.91 Å². The van der Waals surface area contributed by atoms with Crippen LogP contribution >= 0.6 is 11.6 Å². The summed E-state index contributed by atoms with van der Waals surface area (Å²) in [5.74, 6) is 0.109. The van der Waals surface area contributed by atoms with Crippen LogP contribution in [0.25, 0.3) is 10.9 Å². The van der Waals surface area contributed by atoms with Gasteiger partial charge in [-0.1, -0.05) is 11.6 Å². The van der Waals surface area contributed by atoms with Gasteiger partial charge in [0, 0.05) is 36.1 Å². The molecule has 0 aliphatic rings. The molecule has 176 valence electrons. The molecular weight excluding hydrogens is 467 g/mol. The highest BCUT2D eigenvalue weighted by molar-refractivity contribution is 6.30. The highest BCUT2D eigenvalue weighted by Crippen LogP contribution is 2.29. The van der Waals surface area contributed by atoms with Gasteiger partial charge in [-0.3, -0.25) is 9.78 Å². The molecule has 6 nitrogen and oxygen atoms in total. The summed E-state index contributed by atoms with van der Waals surface area (Å²) < 4.78 is 40.5. The summed E-state index contributed by atoms with van der Waals surface area (Å²) in [4.78, 5) is 23.3. The number of pyridine rings is 2. The molecule has 4 rings (SSSR count). The van der Waals surface area contributed by atoms with Gasteiger partial charge in [0.2, 0.25) is 0 Å². The average Bonchev–Trinajstić information content (AvgIpc) is 3.09. The van der Waals surface area contributed by atoms with Crippen LogP contribution in [0, 0.1) is 6.92 Å². The maximum absolute atomic E-state index is 13.5. The van der Waals surface area contributed by atoms with Crippen LogP contribution < -0.4 is 5.73 Å². The van der Waals surface area contributed by atoms with Crippen LogP contribution in [-0.4, -0.2) is 25.3 Å². The van der Waals surface area contributed by atoms with Gasteiger partial charge in [-0.25, -0.2) is 4.98 Å². The minimum absolute atomic E-state index is 0.0107. The highest BCUT2D eigenvalue weighted by Gasteiger charge is 2.30. The zero-order valence-corrected chi connectivity index (χ0v) is 19.2. The van der Waals surface area contributed by atoms with Crippen molar-refractivity contribution in [1.82, 2.24) is 19.4 Å². The lowest BCUT2D eigenvalue weighted by Gasteiger charge is -2.23. The van der Waals surface area contributed by atoms with E-state index in [9.17, 15) is 18.0 Å². The van der Waals surface area contributed by atoms with Crippen molar-refractivity contribution in [2.24, 2.45) is 7.05 Å². The first-order valence-corrected chi connectivity index (χ1v) is 10.7. The number of benzene rings is 1. The molecule has 3 aromatic heterocycles. The number of halogens is 4. The molecule has 4 aromatic rings. The lowest BCUT2D eigenvalue weighted by molar-refractivity contribution is -0.137. The summed E-state index contributed by atoms with van der Waals surface area (Å²) in [7, 11) is 1.80. The molecule has 34 heavy (non-hydrogen) atoms. The maximum Gasteiger partial charge on any atom is 0.417 e. The quantitative estimate of drug-likeness (QED) is 0.410. The van der Waals surface area contributed by atoms with Gasteiger partial charge in [0.1, 0.15) is 5.82 Å². The Kier molecular flexibility index (Phi) is 6.22.